The molecular formula is C18H21N3O3. The van der Waals surface area contributed by atoms with E-state index < -0.39 is 0 Å². The van der Waals surface area contributed by atoms with Crippen LogP contribution in [0.5, 0.6) is 11.6 Å². The molecule has 0 N–H and O–H groups in total. The molecule has 2 aromatic rings. The Bertz CT molecular complexity index is 678. The Morgan fingerprint density at radius 1 is 1.29 bits per heavy atom. The number of methoxy groups -OCH3 is 1. The minimum Gasteiger partial charge on any atom is -0.437 e. The minimum atomic E-state index is 0.0202. The van der Waals surface area contributed by atoms with E-state index in [1.807, 2.05) is 35.2 Å². The number of carbonyl (C=O) groups excluding carboxylic acids is 1. The molecular weight excluding hydrogens is 306 g/mol. The van der Waals surface area contributed by atoms with E-state index >= 15 is 0 Å². The predicted octanol–water partition coefficient (Wildman–Crippen LogP) is 2.62. The van der Waals surface area contributed by atoms with Crippen molar-refractivity contribution in [3.63, 3.8) is 0 Å². The molecule has 1 aliphatic heterocycles. The Balaban J connectivity index is 1.70. The zero-order valence-electron chi connectivity index (χ0n) is 13.7. The molecule has 0 saturated carbocycles. The molecule has 0 aliphatic carbocycles. The van der Waals surface area contributed by atoms with Crippen LogP contribution in [-0.2, 0) is 9.53 Å². The number of aromatic nitrogens is 2. The van der Waals surface area contributed by atoms with Crippen molar-refractivity contribution in [3.8, 4) is 11.6 Å². The summed E-state index contributed by atoms with van der Waals surface area (Å²) < 4.78 is 10.7. The summed E-state index contributed by atoms with van der Waals surface area (Å²) in [5, 5.41) is 0. The van der Waals surface area contributed by atoms with Crippen LogP contribution in [0.3, 0.4) is 0 Å². The number of ether oxygens (including phenoxy) is 2. The third kappa shape index (κ3) is 4.08. The Hall–Kier alpha value is -2.47. The van der Waals surface area contributed by atoms with Crippen LogP contribution in [0.2, 0.25) is 0 Å². The summed E-state index contributed by atoms with van der Waals surface area (Å²) in [4.78, 5) is 22.7. The highest BCUT2D eigenvalue weighted by Gasteiger charge is 2.26. The van der Waals surface area contributed by atoms with E-state index in [1.165, 1.54) is 7.11 Å². The number of likely N-dealkylation sites (tertiary alicyclic amines) is 1. The quantitative estimate of drug-likeness (QED) is 0.844. The van der Waals surface area contributed by atoms with Crippen molar-refractivity contribution in [1.29, 1.82) is 0 Å². The Kier molecular flexibility index (Phi) is 5.38. The maximum atomic E-state index is 12.0. The molecule has 2 heterocycles. The van der Waals surface area contributed by atoms with Crippen molar-refractivity contribution in [1.82, 2.24) is 14.9 Å². The third-order valence-electron chi connectivity index (χ3n) is 4.06. The molecule has 1 saturated heterocycles. The number of piperidine rings is 1. The first-order valence-corrected chi connectivity index (χ1v) is 8.08. The predicted molar refractivity (Wildman–Crippen MR) is 89.0 cm³/mol. The van der Waals surface area contributed by atoms with Crippen LogP contribution >= 0.6 is 0 Å². The summed E-state index contributed by atoms with van der Waals surface area (Å²) in [5.41, 5.74) is 0.860. The van der Waals surface area contributed by atoms with Gasteiger partial charge in [-0.05, 0) is 25.0 Å². The molecule has 0 bridgehead atoms. The van der Waals surface area contributed by atoms with Gasteiger partial charge in [0.2, 0.25) is 11.8 Å². The summed E-state index contributed by atoms with van der Waals surface area (Å²) in [6.07, 6.45) is 5.30. The van der Waals surface area contributed by atoms with Crippen molar-refractivity contribution in [3.05, 3.63) is 48.4 Å². The normalized spacial score (nSPS) is 17.5. The van der Waals surface area contributed by atoms with Gasteiger partial charge in [-0.1, -0.05) is 18.2 Å². The van der Waals surface area contributed by atoms with Crippen LogP contribution < -0.4 is 4.74 Å². The fourth-order valence-electron chi connectivity index (χ4n) is 2.88. The lowest BCUT2D eigenvalue weighted by atomic mass is 9.95. The topological polar surface area (TPSA) is 64.5 Å². The number of carbonyl (C=O) groups is 1. The summed E-state index contributed by atoms with van der Waals surface area (Å²) in [6.45, 7) is 1.54. The van der Waals surface area contributed by atoms with Gasteiger partial charge in [-0.25, -0.2) is 4.98 Å². The number of nitrogens with zero attached hydrogens (tertiary/aromatic N) is 3. The van der Waals surface area contributed by atoms with E-state index in [9.17, 15) is 4.79 Å². The van der Waals surface area contributed by atoms with Crippen molar-refractivity contribution in [2.24, 2.45) is 0 Å². The molecule has 1 atom stereocenters. The van der Waals surface area contributed by atoms with Crippen LogP contribution in [0.1, 0.15) is 24.5 Å². The molecule has 1 aromatic carbocycles. The van der Waals surface area contributed by atoms with Crippen molar-refractivity contribution in [2.45, 2.75) is 18.8 Å². The fourth-order valence-corrected chi connectivity index (χ4v) is 2.88. The molecule has 3 rings (SSSR count). The first-order chi connectivity index (χ1) is 11.8. The summed E-state index contributed by atoms with van der Waals surface area (Å²) in [7, 11) is 1.54. The van der Waals surface area contributed by atoms with Gasteiger partial charge in [-0.3, -0.25) is 9.78 Å². The second-order valence-electron chi connectivity index (χ2n) is 5.81. The van der Waals surface area contributed by atoms with Gasteiger partial charge in [0.1, 0.15) is 12.4 Å². The van der Waals surface area contributed by atoms with Crippen LogP contribution in [0.25, 0.3) is 0 Å². The molecule has 6 heteroatoms. The molecule has 0 radical (unpaired) electrons. The maximum absolute atomic E-state index is 12.0. The van der Waals surface area contributed by atoms with E-state index in [1.54, 1.807) is 12.4 Å². The van der Waals surface area contributed by atoms with Gasteiger partial charge in [0.05, 0.1) is 11.9 Å². The SMILES string of the molecule is COCC(=O)N1CCC[C@@H](c2cncc(Oc3ccccc3)n2)C1. The molecule has 6 nitrogen and oxygen atoms in total. The second kappa shape index (κ2) is 7.88. The Morgan fingerprint density at radius 3 is 2.92 bits per heavy atom. The van der Waals surface area contributed by atoms with Crippen molar-refractivity contribution >= 4 is 5.91 Å². The largest absolute Gasteiger partial charge is 0.437 e. The van der Waals surface area contributed by atoms with Gasteiger partial charge < -0.3 is 14.4 Å². The number of rotatable bonds is 5. The monoisotopic (exact) mass is 327 g/mol. The lowest BCUT2D eigenvalue weighted by Gasteiger charge is -2.32. The van der Waals surface area contributed by atoms with Crippen LogP contribution in [0.15, 0.2) is 42.7 Å². The lowest BCUT2D eigenvalue weighted by molar-refractivity contribution is -0.136. The van der Waals surface area contributed by atoms with E-state index in [2.05, 4.69) is 9.97 Å². The Morgan fingerprint density at radius 2 is 2.12 bits per heavy atom. The number of hydrogen-bond donors (Lipinski definition) is 0. The van der Waals surface area contributed by atoms with Gasteiger partial charge in [0.15, 0.2) is 0 Å². The van der Waals surface area contributed by atoms with Crippen molar-refractivity contribution < 1.29 is 14.3 Å². The fraction of sp³-hybridized carbons (Fsp3) is 0.389. The molecule has 0 spiro atoms. The molecule has 1 fully saturated rings. The zero-order valence-corrected chi connectivity index (χ0v) is 13.7. The molecule has 1 amide bonds. The standard InChI is InChI=1S/C18H21N3O3/c1-23-13-18(22)21-9-5-6-14(12-21)16-10-19-11-17(20-16)24-15-7-3-2-4-8-15/h2-4,7-8,10-11,14H,5-6,9,12-13H2,1H3/t14-/m1/s1. The zero-order chi connectivity index (χ0) is 16.8. The summed E-state index contributed by atoms with van der Waals surface area (Å²) in [5.74, 6) is 1.39. The second-order valence-corrected chi connectivity index (χ2v) is 5.81. The maximum Gasteiger partial charge on any atom is 0.248 e. The van der Waals surface area contributed by atoms with Gasteiger partial charge in [0, 0.05) is 32.3 Å². The average Bonchev–Trinajstić information content (AvgIpc) is 2.63. The van der Waals surface area contributed by atoms with Crippen molar-refractivity contribution in [2.75, 3.05) is 26.8 Å². The summed E-state index contributed by atoms with van der Waals surface area (Å²) in [6, 6.07) is 9.50. The minimum absolute atomic E-state index is 0.0202. The van der Waals surface area contributed by atoms with E-state index in [-0.39, 0.29) is 18.4 Å². The van der Waals surface area contributed by atoms with Gasteiger partial charge in [-0.15, -0.1) is 0 Å². The molecule has 1 aromatic heterocycles. The average molecular weight is 327 g/mol. The number of hydrogen-bond acceptors (Lipinski definition) is 5. The van der Waals surface area contributed by atoms with Gasteiger partial charge >= 0.3 is 0 Å². The smallest absolute Gasteiger partial charge is 0.248 e. The van der Waals surface area contributed by atoms with Gasteiger partial charge in [-0.2, -0.15) is 0 Å². The highest BCUT2D eigenvalue weighted by atomic mass is 16.5. The van der Waals surface area contributed by atoms with Gasteiger partial charge in [0.25, 0.3) is 0 Å². The molecule has 0 unspecified atom stereocenters. The number of para-hydroxylation sites is 1. The molecule has 24 heavy (non-hydrogen) atoms. The van der Waals surface area contributed by atoms with Crippen LogP contribution in [0, 0.1) is 0 Å². The number of amides is 1. The van der Waals surface area contributed by atoms with E-state index in [4.69, 9.17) is 9.47 Å². The van der Waals surface area contributed by atoms with E-state index in [0.29, 0.717) is 12.4 Å². The first-order valence-electron chi connectivity index (χ1n) is 8.08. The number of benzene rings is 1. The first kappa shape index (κ1) is 16.4. The Labute approximate surface area is 141 Å². The lowest BCUT2D eigenvalue weighted by Crippen LogP contribution is -2.41. The molecule has 126 valence electrons. The van der Waals surface area contributed by atoms with Crippen LogP contribution in [-0.4, -0.2) is 47.6 Å². The third-order valence-corrected chi connectivity index (χ3v) is 4.06. The summed E-state index contributed by atoms with van der Waals surface area (Å²) >= 11 is 0. The van der Waals surface area contributed by atoms with E-state index in [0.717, 1.165) is 30.8 Å². The van der Waals surface area contributed by atoms with Crippen LogP contribution in [0.4, 0.5) is 0 Å². The highest BCUT2D eigenvalue weighted by molar-refractivity contribution is 5.77. The highest BCUT2D eigenvalue weighted by Crippen LogP contribution is 2.27. The molecule has 1 aliphatic rings.